The molecule has 2 heterocycles. The largest absolute Gasteiger partial charge is 0.337 e. The van der Waals surface area contributed by atoms with E-state index in [0.717, 1.165) is 11.1 Å². The molecule has 5 nitrogen and oxygen atoms in total. The van der Waals surface area contributed by atoms with Crippen LogP contribution >= 0.6 is 11.3 Å². The predicted octanol–water partition coefficient (Wildman–Crippen LogP) is 3.26. The number of amides is 1. The summed E-state index contributed by atoms with van der Waals surface area (Å²) in [6.45, 7) is 2.30. The van der Waals surface area contributed by atoms with Crippen molar-refractivity contribution in [3.05, 3.63) is 58.6 Å². The smallest absolute Gasteiger partial charge is 0.265 e. The van der Waals surface area contributed by atoms with E-state index in [4.69, 9.17) is 0 Å². The zero-order valence-electron chi connectivity index (χ0n) is 13.7. The van der Waals surface area contributed by atoms with Crippen molar-refractivity contribution >= 4 is 17.2 Å². The second-order valence-electron chi connectivity index (χ2n) is 5.62. The van der Waals surface area contributed by atoms with Gasteiger partial charge in [0.2, 0.25) is 0 Å². The highest BCUT2D eigenvalue weighted by atomic mass is 32.1. The van der Waals surface area contributed by atoms with E-state index in [9.17, 15) is 9.18 Å². The second kappa shape index (κ2) is 6.52. The van der Waals surface area contributed by atoms with Gasteiger partial charge in [0.1, 0.15) is 15.7 Å². The average molecular weight is 344 g/mol. The Hall–Kier alpha value is -2.54. The number of aromatic nitrogens is 3. The first-order valence-corrected chi connectivity index (χ1v) is 8.22. The normalized spacial score (nSPS) is 10.8. The zero-order valence-corrected chi connectivity index (χ0v) is 14.5. The van der Waals surface area contributed by atoms with Gasteiger partial charge >= 0.3 is 0 Å². The van der Waals surface area contributed by atoms with Gasteiger partial charge < -0.3 is 4.90 Å². The Morgan fingerprint density at radius 1 is 1.33 bits per heavy atom. The summed E-state index contributed by atoms with van der Waals surface area (Å²) in [4.78, 5) is 19.4. The lowest BCUT2D eigenvalue weighted by molar-refractivity contribution is 0.0789. The lowest BCUT2D eigenvalue weighted by atomic mass is 10.2. The molecule has 0 N–H and O–H groups in total. The summed E-state index contributed by atoms with van der Waals surface area (Å²) >= 11 is 1.33. The molecule has 1 aromatic carbocycles. The number of thiazole rings is 1. The Kier molecular flexibility index (Phi) is 4.44. The third-order valence-electron chi connectivity index (χ3n) is 3.61. The maximum Gasteiger partial charge on any atom is 0.265 e. The molecule has 0 aliphatic heterocycles. The van der Waals surface area contributed by atoms with Gasteiger partial charge in [-0.05, 0) is 31.2 Å². The number of nitrogens with zero attached hydrogens (tertiary/aromatic N) is 4. The molecule has 0 radical (unpaired) electrons. The van der Waals surface area contributed by atoms with Crippen LogP contribution in [0.4, 0.5) is 4.39 Å². The van der Waals surface area contributed by atoms with Crippen LogP contribution in [-0.2, 0) is 13.6 Å². The molecule has 3 aromatic rings. The number of carbonyl (C=O) groups excluding carboxylic acids is 1. The van der Waals surface area contributed by atoms with Crippen molar-refractivity contribution < 1.29 is 9.18 Å². The van der Waals surface area contributed by atoms with Crippen LogP contribution in [0.25, 0.3) is 10.6 Å². The van der Waals surface area contributed by atoms with Gasteiger partial charge in [0.25, 0.3) is 5.91 Å². The summed E-state index contributed by atoms with van der Waals surface area (Å²) in [7, 11) is 3.60. The molecule has 0 unspecified atom stereocenters. The van der Waals surface area contributed by atoms with Crippen molar-refractivity contribution in [2.45, 2.75) is 13.5 Å². The third-order valence-corrected chi connectivity index (χ3v) is 4.80. The Bertz CT molecular complexity index is 869. The number of hydrogen-bond acceptors (Lipinski definition) is 4. The number of halogens is 1. The van der Waals surface area contributed by atoms with Gasteiger partial charge in [-0.25, -0.2) is 9.37 Å². The quantitative estimate of drug-likeness (QED) is 0.730. The van der Waals surface area contributed by atoms with E-state index in [-0.39, 0.29) is 11.7 Å². The topological polar surface area (TPSA) is 51.0 Å². The molecule has 0 saturated heterocycles. The standard InChI is InChI=1S/C17H17FN4OS/c1-11-15(17(23)21(2)9-12-8-19-22(3)10-12)24-16(20-11)13-4-6-14(18)7-5-13/h4-8,10H,9H2,1-3H3. The first kappa shape index (κ1) is 16.3. The Morgan fingerprint density at radius 2 is 2.04 bits per heavy atom. The minimum Gasteiger partial charge on any atom is -0.337 e. The summed E-state index contributed by atoms with van der Waals surface area (Å²) in [5.41, 5.74) is 2.45. The molecule has 7 heteroatoms. The molecule has 0 saturated carbocycles. The lowest BCUT2D eigenvalue weighted by Crippen LogP contribution is -2.25. The maximum absolute atomic E-state index is 13.0. The third kappa shape index (κ3) is 3.35. The fourth-order valence-corrected chi connectivity index (χ4v) is 3.45. The molecule has 0 atom stereocenters. The molecule has 1 amide bonds. The molecule has 0 fully saturated rings. The molecule has 0 aliphatic carbocycles. The Balaban J connectivity index is 1.81. The molecular formula is C17H17FN4OS. The zero-order chi connectivity index (χ0) is 17.3. The van der Waals surface area contributed by atoms with E-state index < -0.39 is 0 Å². The van der Waals surface area contributed by atoms with Crippen LogP contribution in [0.5, 0.6) is 0 Å². The molecule has 3 rings (SSSR count). The van der Waals surface area contributed by atoms with Crippen molar-refractivity contribution in [1.82, 2.24) is 19.7 Å². The van der Waals surface area contributed by atoms with Crippen molar-refractivity contribution in [2.24, 2.45) is 7.05 Å². The fourth-order valence-electron chi connectivity index (χ4n) is 2.38. The Morgan fingerprint density at radius 3 is 2.67 bits per heavy atom. The summed E-state index contributed by atoms with van der Waals surface area (Å²) in [6, 6.07) is 6.12. The van der Waals surface area contributed by atoms with Crippen molar-refractivity contribution in [2.75, 3.05) is 7.05 Å². The molecule has 0 bridgehead atoms. The van der Waals surface area contributed by atoms with Gasteiger partial charge in [-0.15, -0.1) is 11.3 Å². The van der Waals surface area contributed by atoms with Gasteiger partial charge in [0.15, 0.2) is 0 Å². The minimum absolute atomic E-state index is 0.0813. The summed E-state index contributed by atoms with van der Waals surface area (Å²) in [5, 5.41) is 4.82. The van der Waals surface area contributed by atoms with Crippen molar-refractivity contribution in [3.63, 3.8) is 0 Å². The number of rotatable bonds is 4. The van der Waals surface area contributed by atoms with Crippen LogP contribution < -0.4 is 0 Å². The van der Waals surface area contributed by atoms with Crippen molar-refractivity contribution in [3.8, 4) is 10.6 Å². The number of benzene rings is 1. The lowest BCUT2D eigenvalue weighted by Gasteiger charge is -2.15. The van der Waals surface area contributed by atoms with Gasteiger partial charge in [-0.1, -0.05) is 0 Å². The van der Waals surface area contributed by atoms with Crippen molar-refractivity contribution in [1.29, 1.82) is 0 Å². The van der Waals surface area contributed by atoms with Crippen LogP contribution in [-0.4, -0.2) is 32.6 Å². The maximum atomic E-state index is 13.0. The molecule has 24 heavy (non-hydrogen) atoms. The highest BCUT2D eigenvalue weighted by molar-refractivity contribution is 7.17. The van der Waals surface area contributed by atoms with Gasteiger partial charge in [0.05, 0.1) is 11.9 Å². The van der Waals surface area contributed by atoms with E-state index in [1.54, 1.807) is 35.0 Å². The van der Waals surface area contributed by atoms with Crippen LogP contribution in [0.2, 0.25) is 0 Å². The van der Waals surface area contributed by atoms with E-state index in [1.165, 1.54) is 23.5 Å². The minimum atomic E-state index is -0.292. The average Bonchev–Trinajstić information content (AvgIpc) is 3.13. The first-order chi connectivity index (χ1) is 11.4. The highest BCUT2D eigenvalue weighted by Crippen LogP contribution is 2.29. The first-order valence-electron chi connectivity index (χ1n) is 7.40. The fraction of sp³-hybridized carbons (Fsp3) is 0.235. The predicted molar refractivity (Wildman–Crippen MR) is 91.3 cm³/mol. The molecule has 0 aliphatic rings. The molecule has 124 valence electrons. The monoisotopic (exact) mass is 344 g/mol. The van der Waals surface area contributed by atoms with E-state index >= 15 is 0 Å². The van der Waals surface area contributed by atoms with Crippen LogP contribution in [0.15, 0.2) is 36.7 Å². The number of hydrogen-bond donors (Lipinski definition) is 0. The number of carbonyl (C=O) groups is 1. The Labute approximate surface area is 143 Å². The molecule has 0 spiro atoms. The van der Waals surface area contributed by atoms with E-state index in [1.807, 2.05) is 20.2 Å². The van der Waals surface area contributed by atoms with Crippen LogP contribution in [0, 0.1) is 12.7 Å². The highest BCUT2D eigenvalue weighted by Gasteiger charge is 2.20. The van der Waals surface area contributed by atoms with Crippen LogP contribution in [0.1, 0.15) is 20.9 Å². The summed E-state index contributed by atoms with van der Waals surface area (Å²) in [5.74, 6) is -0.373. The van der Waals surface area contributed by atoms with Gasteiger partial charge in [0, 0.05) is 38.0 Å². The van der Waals surface area contributed by atoms with E-state index in [0.29, 0.717) is 22.1 Å². The van der Waals surface area contributed by atoms with Crippen LogP contribution in [0.3, 0.4) is 0 Å². The SMILES string of the molecule is Cc1nc(-c2ccc(F)cc2)sc1C(=O)N(C)Cc1cnn(C)c1. The van der Waals surface area contributed by atoms with Gasteiger partial charge in [-0.3, -0.25) is 9.48 Å². The van der Waals surface area contributed by atoms with Gasteiger partial charge in [-0.2, -0.15) is 5.10 Å². The molecular weight excluding hydrogens is 327 g/mol. The van der Waals surface area contributed by atoms with E-state index in [2.05, 4.69) is 10.1 Å². The second-order valence-corrected chi connectivity index (χ2v) is 6.62. The summed E-state index contributed by atoms with van der Waals surface area (Å²) in [6.07, 6.45) is 3.63. The molecule has 2 aromatic heterocycles. The summed E-state index contributed by atoms with van der Waals surface area (Å²) < 4.78 is 14.8. The number of aryl methyl sites for hydroxylation is 2.